The second-order valence-electron chi connectivity index (χ2n) is 8.02. The zero-order valence-electron chi connectivity index (χ0n) is 16.5. The van der Waals surface area contributed by atoms with Gasteiger partial charge >= 0.3 is 0 Å². The third kappa shape index (κ3) is 3.90. The monoisotopic (exact) mass is 413 g/mol. The largest absolute Gasteiger partial charge is 0.490 e. The van der Waals surface area contributed by atoms with Crippen molar-refractivity contribution in [2.45, 2.75) is 67.1 Å². The Morgan fingerprint density at radius 1 is 0.931 bits per heavy atom. The molecule has 0 radical (unpaired) electrons. The number of benzene rings is 2. The SMILES string of the molecule is O=C(Nc1cccc(OC2CCCC2)c1)C1(S(=O)(=O)c2ccccc2)CCCC1. The predicted octanol–water partition coefficient (Wildman–Crippen LogP) is 4.73. The first kappa shape index (κ1) is 20.0. The first-order valence-electron chi connectivity index (χ1n) is 10.4. The summed E-state index contributed by atoms with van der Waals surface area (Å²) in [7, 11) is -3.79. The molecule has 0 heterocycles. The molecule has 0 saturated heterocycles. The number of hydrogen-bond acceptors (Lipinski definition) is 4. The Kier molecular flexibility index (Phi) is 5.63. The van der Waals surface area contributed by atoms with Crippen molar-refractivity contribution in [1.29, 1.82) is 0 Å². The van der Waals surface area contributed by atoms with E-state index in [1.54, 1.807) is 42.5 Å². The number of amides is 1. The zero-order valence-corrected chi connectivity index (χ0v) is 17.3. The van der Waals surface area contributed by atoms with Crippen LogP contribution in [0.15, 0.2) is 59.5 Å². The van der Waals surface area contributed by atoms with Gasteiger partial charge in [-0.2, -0.15) is 0 Å². The molecule has 154 valence electrons. The van der Waals surface area contributed by atoms with Crippen LogP contribution in [0.4, 0.5) is 5.69 Å². The molecule has 0 atom stereocenters. The average molecular weight is 414 g/mol. The van der Waals surface area contributed by atoms with Crippen LogP contribution in [0.25, 0.3) is 0 Å². The molecule has 0 aromatic heterocycles. The first-order valence-corrected chi connectivity index (χ1v) is 11.9. The minimum absolute atomic E-state index is 0.204. The van der Waals surface area contributed by atoms with Crippen LogP contribution < -0.4 is 10.1 Å². The molecule has 0 spiro atoms. The van der Waals surface area contributed by atoms with E-state index in [-0.39, 0.29) is 11.0 Å². The van der Waals surface area contributed by atoms with Crippen LogP contribution in [0.5, 0.6) is 5.75 Å². The van der Waals surface area contributed by atoms with Gasteiger partial charge in [-0.1, -0.05) is 37.1 Å². The van der Waals surface area contributed by atoms with Crippen molar-refractivity contribution < 1.29 is 17.9 Å². The Labute approximate surface area is 172 Å². The van der Waals surface area contributed by atoms with Crippen LogP contribution in [0.3, 0.4) is 0 Å². The number of rotatable bonds is 6. The van der Waals surface area contributed by atoms with E-state index < -0.39 is 20.5 Å². The lowest BCUT2D eigenvalue weighted by atomic mass is 10.1. The van der Waals surface area contributed by atoms with Crippen molar-refractivity contribution in [3.63, 3.8) is 0 Å². The fourth-order valence-corrected chi connectivity index (χ4v) is 6.57. The Bertz CT molecular complexity index is 959. The summed E-state index contributed by atoms with van der Waals surface area (Å²) in [4.78, 5) is 13.5. The van der Waals surface area contributed by atoms with E-state index in [9.17, 15) is 13.2 Å². The molecule has 1 amide bonds. The third-order valence-electron chi connectivity index (χ3n) is 6.09. The second kappa shape index (κ2) is 8.19. The summed E-state index contributed by atoms with van der Waals surface area (Å²) in [6, 6.07) is 15.6. The molecule has 2 fully saturated rings. The van der Waals surface area contributed by atoms with E-state index in [0.717, 1.165) is 25.7 Å². The van der Waals surface area contributed by atoms with Gasteiger partial charge in [0.1, 0.15) is 5.75 Å². The molecule has 0 bridgehead atoms. The number of anilines is 1. The Hall–Kier alpha value is -2.34. The van der Waals surface area contributed by atoms with E-state index in [0.29, 0.717) is 24.3 Å². The molecule has 2 aromatic carbocycles. The summed E-state index contributed by atoms with van der Waals surface area (Å²) in [5.41, 5.74) is 0.569. The quantitative estimate of drug-likeness (QED) is 0.743. The Morgan fingerprint density at radius 3 is 2.31 bits per heavy atom. The predicted molar refractivity (Wildman–Crippen MR) is 113 cm³/mol. The number of carbonyl (C=O) groups is 1. The lowest BCUT2D eigenvalue weighted by molar-refractivity contribution is -0.118. The maximum absolute atomic E-state index is 13.4. The Morgan fingerprint density at radius 2 is 1.62 bits per heavy atom. The van der Waals surface area contributed by atoms with Crippen molar-refractivity contribution in [3.8, 4) is 5.75 Å². The van der Waals surface area contributed by atoms with Gasteiger partial charge in [0.05, 0.1) is 11.0 Å². The summed E-state index contributed by atoms with van der Waals surface area (Å²) < 4.78 is 31.4. The molecule has 2 saturated carbocycles. The van der Waals surface area contributed by atoms with Crippen LogP contribution in [-0.4, -0.2) is 25.2 Å². The zero-order chi connectivity index (χ0) is 20.3. The molecule has 2 aliphatic carbocycles. The molecule has 6 heteroatoms. The number of sulfone groups is 1. The minimum atomic E-state index is -3.79. The van der Waals surface area contributed by atoms with E-state index in [1.165, 1.54) is 12.8 Å². The highest BCUT2D eigenvalue weighted by Gasteiger charge is 2.52. The van der Waals surface area contributed by atoms with Crippen LogP contribution in [-0.2, 0) is 14.6 Å². The molecular weight excluding hydrogens is 386 g/mol. The average Bonchev–Trinajstić information content (AvgIpc) is 3.42. The second-order valence-corrected chi connectivity index (χ2v) is 10.3. The van der Waals surface area contributed by atoms with Gasteiger partial charge in [-0.3, -0.25) is 4.79 Å². The molecule has 5 nitrogen and oxygen atoms in total. The molecule has 0 unspecified atom stereocenters. The van der Waals surface area contributed by atoms with E-state index in [1.807, 2.05) is 12.1 Å². The maximum Gasteiger partial charge on any atom is 0.246 e. The van der Waals surface area contributed by atoms with Crippen LogP contribution >= 0.6 is 0 Å². The van der Waals surface area contributed by atoms with Gasteiger partial charge in [-0.25, -0.2) is 8.42 Å². The summed E-state index contributed by atoms with van der Waals surface area (Å²) in [6.07, 6.45) is 6.82. The van der Waals surface area contributed by atoms with Crippen molar-refractivity contribution in [1.82, 2.24) is 0 Å². The lowest BCUT2D eigenvalue weighted by Crippen LogP contribution is -2.47. The lowest BCUT2D eigenvalue weighted by Gasteiger charge is -2.27. The van der Waals surface area contributed by atoms with Gasteiger partial charge in [0, 0.05) is 11.8 Å². The highest BCUT2D eigenvalue weighted by Crippen LogP contribution is 2.41. The smallest absolute Gasteiger partial charge is 0.246 e. The number of nitrogens with one attached hydrogen (secondary N) is 1. The van der Waals surface area contributed by atoms with Gasteiger partial charge in [0.15, 0.2) is 14.6 Å². The van der Waals surface area contributed by atoms with E-state index >= 15 is 0 Å². The molecule has 0 aliphatic heterocycles. The van der Waals surface area contributed by atoms with Gasteiger partial charge in [-0.05, 0) is 62.8 Å². The third-order valence-corrected chi connectivity index (χ3v) is 8.61. The molecule has 2 aliphatic rings. The standard InChI is InChI=1S/C23H27NO4S/c25-22(24-18-9-8-12-20(17-18)28-19-10-4-5-11-19)23(15-6-7-16-23)29(26,27)21-13-2-1-3-14-21/h1-3,8-9,12-14,17,19H,4-7,10-11,15-16H2,(H,24,25). The molecule has 4 rings (SSSR count). The molecule has 2 aromatic rings. The fourth-order valence-electron chi connectivity index (χ4n) is 4.48. The molecule has 1 N–H and O–H groups in total. The van der Waals surface area contributed by atoms with Crippen molar-refractivity contribution in [2.75, 3.05) is 5.32 Å². The molecular formula is C23H27NO4S. The van der Waals surface area contributed by atoms with Gasteiger partial charge in [0.2, 0.25) is 5.91 Å². The fraction of sp³-hybridized carbons (Fsp3) is 0.435. The van der Waals surface area contributed by atoms with Crippen LogP contribution in [0.1, 0.15) is 51.4 Å². The van der Waals surface area contributed by atoms with E-state index in [4.69, 9.17) is 4.74 Å². The van der Waals surface area contributed by atoms with Crippen LogP contribution in [0.2, 0.25) is 0 Å². The topological polar surface area (TPSA) is 72.5 Å². The Balaban J connectivity index is 1.57. The van der Waals surface area contributed by atoms with Crippen LogP contribution in [0, 0.1) is 0 Å². The normalized spacial score (nSPS) is 19.2. The number of carbonyl (C=O) groups excluding carboxylic acids is 1. The van der Waals surface area contributed by atoms with Crippen molar-refractivity contribution in [3.05, 3.63) is 54.6 Å². The van der Waals surface area contributed by atoms with Gasteiger partial charge < -0.3 is 10.1 Å². The maximum atomic E-state index is 13.4. The molecule has 29 heavy (non-hydrogen) atoms. The van der Waals surface area contributed by atoms with Gasteiger partial charge in [0.25, 0.3) is 0 Å². The van der Waals surface area contributed by atoms with E-state index in [2.05, 4.69) is 5.32 Å². The summed E-state index contributed by atoms with van der Waals surface area (Å²) >= 11 is 0. The minimum Gasteiger partial charge on any atom is -0.490 e. The number of ether oxygens (including phenoxy) is 1. The highest BCUT2D eigenvalue weighted by molar-refractivity contribution is 7.93. The number of hydrogen-bond donors (Lipinski definition) is 1. The summed E-state index contributed by atoms with van der Waals surface area (Å²) in [5, 5.41) is 2.87. The van der Waals surface area contributed by atoms with Crippen molar-refractivity contribution in [2.24, 2.45) is 0 Å². The van der Waals surface area contributed by atoms with Gasteiger partial charge in [-0.15, -0.1) is 0 Å². The summed E-state index contributed by atoms with van der Waals surface area (Å²) in [5.74, 6) is 0.262. The van der Waals surface area contributed by atoms with Crippen molar-refractivity contribution >= 4 is 21.4 Å². The highest BCUT2D eigenvalue weighted by atomic mass is 32.2. The first-order chi connectivity index (χ1) is 14.0. The summed E-state index contributed by atoms with van der Waals surface area (Å²) in [6.45, 7) is 0.